The van der Waals surface area contributed by atoms with Crippen molar-refractivity contribution in [1.82, 2.24) is 0 Å². The van der Waals surface area contributed by atoms with Gasteiger partial charge in [0.25, 0.3) is 0 Å². The molecule has 2 rings (SSSR count). The van der Waals surface area contributed by atoms with Gasteiger partial charge in [0.2, 0.25) is 0 Å². The Morgan fingerprint density at radius 3 is 2.69 bits per heavy atom. The molecular weight excluding hydrogens is 297 g/mol. The summed E-state index contributed by atoms with van der Waals surface area (Å²) in [6.45, 7) is 1.88. The van der Waals surface area contributed by atoms with Gasteiger partial charge in [0.15, 0.2) is 0 Å². The molecule has 0 saturated heterocycles. The Bertz CT molecular complexity index is 422. The predicted octanol–water partition coefficient (Wildman–Crippen LogP) is 4.78. The van der Waals surface area contributed by atoms with Crippen LogP contribution in [0.1, 0.15) is 31.7 Å². The molecule has 2 atom stereocenters. The lowest BCUT2D eigenvalue weighted by Crippen LogP contribution is -2.22. The van der Waals surface area contributed by atoms with Gasteiger partial charge in [0.05, 0.1) is 4.47 Å². The second-order valence-corrected chi connectivity index (χ2v) is 6.09. The van der Waals surface area contributed by atoms with E-state index in [0.717, 1.165) is 12.8 Å². The van der Waals surface area contributed by atoms with E-state index in [1.807, 2.05) is 6.92 Å². The van der Waals surface area contributed by atoms with Gasteiger partial charge in [-0.15, -0.1) is 11.6 Å². The molecule has 0 nitrogen and oxygen atoms in total. The monoisotopic (exact) mass is 308 g/mol. The van der Waals surface area contributed by atoms with Crippen LogP contribution in [-0.4, -0.2) is 5.38 Å². The summed E-state index contributed by atoms with van der Waals surface area (Å²) in [5.41, 5.74) is -0.310. The highest BCUT2D eigenvalue weighted by Gasteiger charge is 2.39. The zero-order valence-corrected chi connectivity index (χ0v) is 11.2. The summed E-state index contributed by atoms with van der Waals surface area (Å²) < 4.78 is 28.0. The van der Waals surface area contributed by atoms with Gasteiger partial charge < -0.3 is 0 Å². The fraction of sp³-hybridized carbons (Fsp3) is 0.500. The number of rotatable bonds is 1. The summed E-state index contributed by atoms with van der Waals surface area (Å²) in [7, 11) is 0. The molecule has 4 heteroatoms. The lowest BCUT2D eigenvalue weighted by atomic mass is 9.80. The third kappa shape index (κ3) is 2.00. The lowest BCUT2D eigenvalue weighted by molar-refractivity contribution is 0.424. The molecule has 1 aromatic rings. The minimum Gasteiger partial charge on any atom is -0.207 e. The summed E-state index contributed by atoms with van der Waals surface area (Å²) in [6.07, 6.45) is 2.16. The van der Waals surface area contributed by atoms with Crippen LogP contribution in [0, 0.1) is 11.6 Å². The van der Waals surface area contributed by atoms with Crippen molar-refractivity contribution < 1.29 is 8.78 Å². The van der Waals surface area contributed by atoms with Crippen LogP contribution < -0.4 is 0 Å². The van der Waals surface area contributed by atoms with E-state index in [2.05, 4.69) is 15.9 Å². The van der Waals surface area contributed by atoms with E-state index in [-0.39, 0.29) is 10.9 Å². The van der Waals surface area contributed by atoms with E-state index in [1.165, 1.54) is 12.1 Å². The number of hydrogen-bond donors (Lipinski definition) is 0. The molecule has 1 aliphatic rings. The minimum absolute atomic E-state index is 0.0165. The molecule has 88 valence electrons. The molecule has 1 fully saturated rings. The normalized spacial score (nSPS) is 29.7. The highest BCUT2D eigenvalue weighted by Crippen LogP contribution is 2.45. The number of hydrogen-bond acceptors (Lipinski definition) is 0. The molecule has 0 radical (unpaired) electrons. The molecular formula is C12H12BrClF2. The van der Waals surface area contributed by atoms with Crippen molar-refractivity contribution >= 4 is 27.5 Å². The molecule has 0 aliphatic heterocycles. The van der Waals surface area contributed by atoms with Crippen LogP contribution in [0.5, 0.6) is 0 Å². The fourth-order valence-electron chi connectivity index (χ4n) is 2.48. The molecule has 0 spiro atoms. The summed E-state index contributed by atoms with van der Waals surface area (Å²) in [4.78, 5) is 0. The molecule has 2 unspecified atom stereocenters. The topological polar surface area (TPSA) is 0 Å². The predicted molar refractivity (Wildman–Crippen MR) is 64.9 cm³/mol. The quantitative estimate of drug-likeness (QED) is 0.517. The lowest BCUT2D eigenvalue weighted by Gasteiger charge is -2.25. The maximum atomic E-state index is 14.0. The zero-order chi connectivity index (χ0) is 11.9. The number of alkyl halides is 1. The van der Waals surface area contributed by atoms with Crippen molar-refractivity contribution in [2.75, 3.05) is 0 Å². The molecule has 16 heavy (non-hydrogen) atoms. The smallest absolute Gasteiger partial charge is 0.144 e. The van der Waals surface area contributed by atoms with E-state index >= 15 is 0 Å². The van der Waals surface area contributed by atoms with Crippen LogP contribution in [0.3, 0.4) is 0 Å². The van der Waals surface area contributed by atoms with Crippen molar-refractivity contribution in [3.05, 3.63) is 33.8 Å². The second kappa shape index (κ2) is 4.26. The number of halogens is 4. The van der Waals surface area contributed by atoms with Crippen LogP contribution in [0.15, 0.2) is 16.6 Å². The molecule has 0 aromatic heterocycles. The van der Waals surface area contributed by atoms with E-state index in [1.54, 1.807) is 0 Å². The van der Waals surface area contributed by atoms with Crippen molar-refractivity contribution in [2.45, 2.75) is 37.0 Å². The van der Waals surface area contributed by atoms with Crippen molar-refractivity contribution in [3.8, 4) is 0 Å². The highest BCUT2D eigenvalue weighted by molar-refractivity contribution is 9.10. The Morgan fingerprint density at radius 1 is 1.44 bits per heavy atom. The Hall–Kier alpha value is -0.150. The van der Waals surface area contributed by atoms with Crippen LogP contribution in [0.4, 0.5) is 8.78 Å². The molecule has 0 N–H and O–H groups in total. The van der Waals surface area contributed by atoms with Gasteiger partial charge in [-0.05, 0) is 52.7 Å². The largest absolute Gasteiger partial charge is 0.207 e. The third-order valence-corrected chi connectivity index (χ3v) is 4.31. The van der Waals surface area contributed by atoms with Crippen LogP contribution in [-0.2, 0) is 5.41 Å². The van der Waals surface area contributed by atoms with Crippen LogP contribution in [0.2, 0.25) is 0 Å². The zero-order valence-electron chi connectivity index (χ0n) is 8.87. The van der Waals surface area contributed by atoms with Crippen LogP contribution >= 0.6 is 27.5 Å². The first-order chi connectivity index (χ1) is 7.44. The average Bonchev–Trinajstić information content (AvgIpc) is 2.54. The standard InChI is InChI=1S/C12H12BrClF2/c1-12(5-4-7(14)6-12)10-9(15)3-2-8(13)11(10)16/h2-3,7H,4-6H2,1H3. The summed E-state index contributed by atoms with van der Waals surface area (Å²) >= 11 is 9.13. The van der Waals surface area contributed by atoms with E-state index < -0.39 is 17.0 Å². The Balaban J connectivity index is 2.51. The van der Waals surface area contributed by atoms with Gasteiger partial charge in [-0.3, -0.25) is 0 Å². The van der Waals surface area contributed by atoms with Gasteiger partial charge in [-0.25, -0.2) is 8.78 Å². The van der Waals surface area contributed by atoms with Crippen molar-refractivity contribution in [1.29, 1.82) is 0 Å². The summed E-state index contributed by atoms with van der Waals surface area (Å²) in [6, 6.07) is 2.69. The first kappa shape index (κ1) is 12.3. The summed E-state index contributed by atoms with van der Waals surface area (Å²) in [5, 5.41) is 0.0165. The molecule has 0 amide bonds. The maximum absolute atomic E-state index is 14.0. The van der Waals surface area contributed by atoms with E-state index in [4.69, 9.17) is 11.6 Å². The molecule has 0 bridgehead atoms. The maximum Gasteiger partial charge on any atom is 0.144 e. The van der Waals surface area contributed by atoms with Gasteiger partial charge in [-0.2, -0.15) is 0 Å². The first-order valence-corrected chi connectivity index (χ1v) is 6.45. The molecule has 1 saturated carbocycles. The first-order valence-electron chi connectivity index (χ1n) is 5.22. The van der Waals surface area contributed by atoms with Crippen LogP contribution in [0.25, 0.3) is 0 Å². The number of benzene rings is 1. The second-order valence-electron chi connectivity index (χ2n) is 4.62. The SMILES string of the molecule is CC1(c2c(F)ccc(Br)c2F)CCC(Cl)C1. The Labute approximate surface area is 107 Å². The van der Waals surface area contributed by atoms with Gasteiger partial charge >= 0.3 is 0 Å². The molecule has 1 aliphatic carbocycles. The van der Waals surface area contributed by atoms with Gasteiger partial charge in [0.1, 0.15) is 11.6 Å². The minimum atomic E-state index is -0.492. The Morgan fingerprint density at radius 2 is 2.12 bits per heavy atom. The van der Waals surface area contributed by atoms with Gasteiger partial charge in [-0.1, -0.05) is 6.92 Å². The highest BCUT2D eigenvalue weighted by atomic mass is 79.9. The van der Waals surface area contributed by atoms with Gasteiger partial charge in [0, 0.05) is 10.9 Å². The van der Waals surface area contributed by atoms with E-state index in [9.17, 15) is 8.78 Å². The molecule has 0 heterocycles. The summed E-state index contributed by atoms with van der Waals surface area (Å²) in [5.74, 6) is -0.970. The van der Waals surface area contributed by atoms with Crippen molar-refractivity contribution in [3.63, 3.8) is 0 Å². The molecule has 1 aromatic carbocycles. The fourth-order valence-corrected chi connectivity index (χ4v) is 3.26. The van der Waals surface area contributed by atoms with E-state index in [0.29, 0.717) is 10.9 Å². The Kier molecular flexibility index (Phi) is 3.28. The van der Waals surface area contributed by atoms with Crippen molar-refractivity contribution in [2.24, 2.45) is 0 Å². The average molecular weight is 310 g/mol. The third-order valence-electron chi connectivity index (χ3n) is 3.33.